The molecule has 46 heavy (non-hydrogen) atoms. The Morgan fingerprint density at radius 1 is 0.935 bits per heavy atom. The fourth-order valence-corrected chi connectivity index (χ4v) is 8.47. The molecule has 6 atom stereocenters. The van der Waals surface area contributed by atoms with E-state index in [4.69, 9.17) is 28.3 Å². The number of benzene rings is 2. The number of hydrogen-bond acceptors (Lipinski definition) is 6. The van der Waals surface area contributed by atoms with Gasteiger partial charge in [0.2, 0.25) is 17.6 Å². The van der Waals surface area contributed by atoms with Gasteiger partial charge in [-0.2, -0.15) is 0 Å². The molecule has 6 rings (SSSR count). The summed E-state index contributed by atoms with van der Waals surface area (Å²) in [7, 11) is 0. The van der Waals surface area contributed by atoms with Crippen molar-refractivity contribution in [2.75, 3.05) is 11.4 Å². The molecule has 0 aromatic heterocycles. The van der Waals surface area contributed by atoms with Crippen LogP contribution in [0.2, 0.25) is 0 Å². The molecule has 9 nitrogen and oxygen atoms in total. The van der Waals surface area contributed by atoms with Crippen molar-refractivity contribution in [3.8, 4) is 5.75 Å². The van der Waals surface area contributed by atoms with E-state index in [2.05, 4.69) is 15.9 Å². The van der Waals surface area contributed by atoms with Gasteiger partial charge in [0.25, 0.3) is 11.8 Å². The predicted molar refractivity (Wildman–Crippen MR) is 151 cm³/mol. The summed E-state index contributed by atoms with van der Waals surface area (Å²) in [5, 5.41) is 20.1. The average Bonchev–Trinajstić information content (AvgIpc) is 3.33. The quantitative estimate of drug-likeness (QED) is 0.111. The lowest BCUT2D eigenvalue weighted by Crippen LogP contribution is -2.60. The number of rotatable bonds is 5. The second-order valence-corrected chi connectivity index (χ2v) is 13.5. The Bertz CT molecular complexity index is 1820. The molecule has 6 unspecified atom stereocenters. The van der Waals surface area contributed by atoms with Gasteiger partial charge in [0.05, 0.1) is 18.3 Å². The van der Waals surface area contributed by atoms with Gasteiger partial charge in [0, 0.05) is 22.5 Å². The fourth-order valence-electron chi connectivity index (χ4n) is 7.16. The number of fused-ring (bicyclic) bond motifs is 4. The number of anilines is 1. The molecule has 2 aromatic carbocycles. The molecule has 0 radical (unpaired) electrons. The molecule has 17 heteroatoms. The number of allylic oxidation sites excluding steroid dienone is 2. The molecule has 1 saturated carbocycles. The summed E-state index contributed by atoms with van der Waals surface area (Å²) < 4.78 is 72.9. The highest BCUT2D eigenvalue weighted by molar-refractivity contribution is 9.10. The molecule has 2 aliphatic carbocycles. The first-order chi connectivity index (χ1) is 21.5. The Labute approximate surface area is 273 Å². The lowest BCUT2D eigenvalue weighted by Gasteiger charge is -2.50. The standard InChI is InChI=1S/C29H18BrCl2F5N2O7/c30-9-1-4-14(40)12(7-9)17-10-2-3-11-16(25(44)38(24(11)43)6-5-15(41)42)13(10)8-28(31)26(45)39(27(46)29(17,28)32)23-21(36)19(34)18(33)20(35)22(23)37/h1-2,4,7,11,13,16-17,40H,3,5-6,8H2,(H,41,42). The second-order valence-electron chi connectivity index (χ2n) is 11.4. The first-order valence-corrected chi connectivity index (χ1v) is 15.1. The van der Waals surface area contributed by atoms with E-state index in [1.165, 1.54) is 24.3 Å². The van der Waals surface area contributed by atoms with Gasteiger partial charge >= 0.3 is 5.97 Å². The summed E-state index contributed by atoms with van der Waals surface area (Å²) in [6.45, 7) is -0.463. The summed E-state index contributed by atoms with van der Waals surface area (Å²) >= 11 is 17.2. The summed E-state index contributed by atoms with van der Waals surface area (Å²) in [5.74, 6) is -24.2. The number of alkyl halides is 2. The zero-order chi connectivity index (χ0) is 33.8. The summed E-state index contributed by atoms with van der Waals surface area (Å²) in [6.07, 6.45) is 0.0485. The van der Waals surface area contributed by atoms with Gasteiger partial charge in [-0.05, 0) is 37.0 Å². The molecule has 0 spiro atoms. The van der Waals surface area contributed by atoms with Crippen LogP contribution in [0, 0.1) is 46.8 Å². The minimum atomic E-state index is -2.78. The highest BCUT2D eigenvalue weighted by Crippen LogP contribution is 2.66. The number of carbonyl (C=O) groups excluding carboxylic acids is 4. The number of amides is 4. The maximum Gasteiger partial charge on any atom is 0.305 e. The van der Waals surface area contributed by atoms with Crippen LogP contribution in [-0.2, 0) is 24.0 Å². The van der Waals surface area contributed by atoms with E-state index in [0.717, 1.165) is 4.90 Å². The lowest BCUT2D eigenvalue weighted by molar-refractivity contribution is -0.142. The van der Waals surface area contributed by atoms with Gasteiger partial charge < -0.3 is 10.2 Å². The molecule has 3 fully saturated rings. The maximum atomic E-state index is 15.1. The van der Waals surface area contributed by atoms with Crippen molar-refractivity contribution in [2.24, 2.45) is 17.8 Å². The molecule has 2 aliphatic heterocycles. The van der Waals surface area contributed by atoms with Crippen LogP contribution in [0.4, 0.5) is 27.6 Å². The predicted octanol–water partition coefficient (Wildman–Crippen LogP) is 4.89. The van der Waals surface area contributed by atoms with Crippen LogP contribution in [0.3, 0.4) is 0 Å². The Kier molecular flexibility index (Phi) is 7.56. The fraction of sp³-hybridized carbons (Fsp3) is 0.345. The SMILES string of the molecule is O=C(O)CCN1C(=O)C2CC=C3C(CC4(Cl)C(=O)N(c5c(F)c(F)c(F)c(F)c5F)C(=O)C4(Cl)C3c3cc(Br)ccc3O)C2C1=O. The van der Waals surface area contributed by atoms with E-state index in [1.807, 2.05) is 0 Å². The number of phenolic OH excluding ortho intramolecular Hbond substituents is 1. The maximum absolute atomic E-state index is 15.1. The van der Waals surface area contributed by atoms with Crippen LogP contribution in [0.1, 0.15) is 30.7 Å². The summed E-state index contributed by atoms with van der Waals surface area (Å²) in [5.41, 5.74) is -1.92. The van der Waals surface area contributed by atoms with Gasteiger partial charge in [0.15, 0.2) is 33.0 Å². The Morgan fingerprint density at radius 2 is 1.54 bits per heavy atom. The number of carboxylic acids is 1. The van der Waals surface area contributed by atoms with Crippen LogP contribution in [-0.4, -0.2) is 61.0 Å². The molecular weight excluding hydrogens is 734 g/mol. The van der Waals surface area contributed by atoms with E-state index in [9.17, 15) is 42.3 Å². The van der Waals surface area contributed by atoms with Gasteiger partial charge in [-0.25, -0.2) is 26.9 Å². The van der Waals surface area contributed by atoms with Crippen LogP contribution in [0.25, 0.3) is 0 Å². The van der Waals surface area contributed by atoms with Crippen molar-refractivity contribution in [1.82, 2.24) is 4.90 Å². The number of carboxylic acid groups (broad SMARTS) is 1. The van der Waals surface area contributed by atoms with Crippen LogP contribution in [0.5, 0.6) is 5.75 Å². The summed E-state index contributed by atoms with van der Waals surface area (Å²) in [4.78, 5) is 61.3. The third-order valence-corrected chi connectivity index (χ3v) is 11.1. The smallest absolute Gasteiger partial charge is 0.305 e. The molecular formula is C29H18BrCl2F5N2O7. The molecule has 2 heterocycles. The highest BCUT2D eigenvalue weighted by atomic mass is 79.9. The minimum absolute atomic E-state index is 0.123. The topological polar surface area (TPSA) is 132 Å². The first kappa shape index (κ1) is 32.4. The van der Waals surface area contributed by atoms with Crippen LogP contribution >= 0.6 is 39.1 Å². The van der Waals surface area contributed by atoms with Crippen molar-refractivity contribution in [2.45, 2.75) is 34.9 Å². The molecule has 2 saturated heterocycles. The van der Waals surface area contributed by atoms with E-state index < -0.39 is 123 Å². The number of imide groups is 2. The van der Waals surface area contributed by atoms with Gasteiger partial charge in [-0.3, -0.25) is 28.9 Å². The van der Waals surface area contributed by atoms with E-state index in [-0.39, 0.29) is 22.5 Å². The monoisotopic (exact) mass is 750 g/mol. The van der Waals surface area contributed by atoms with E-state index in [1.54, 1.807) is 0 Å². The number of likely N-dealkylation sites (tertiary alicyclic amines) is 1. The van der Waals surface area contributed by atoms with Crippen molar-refractivity contribution < 1.29 is 56.1 Å². The number of hydrogen-bond donors (Lipinski definition) is 2. The Morgan fingerprint density at radius 3 is 2.15 bits per heavy atom. The van der Waals surface area contributed by atoms with Gasteiger partial charge in [-0.1, -0.05) is 27.6 Å². The largest absolute Gasteiger partial charge is 0.508 e. The molecule has 242 valence electrons. The number of aliphatic carboxylic acids is 1. The normalized spacial score (nSPS) is 30.4. The number of carbonyl (C=O) groups is 5. The third kappa shape index (κ3) is 4.13. The average molecular weight is 752 g/mol. The van der Waals surface area contributed by atoms with Gasteiger partial charge in [-0.15, -0.1) is 23.2 Å². The summed E-state index contributed by atoms with van der Waals surface area (Å²) in [6, 6.07) is 3.89. The number of halogens is 8. The zero-order valence-corrected chi connectivity index (χ0v) is 25.9. The van der Waals surface area contributed by atoms with Crippen LogP contribution < -0.4 is 4.90 Å². The third-order valence-electron chi connectivity index (χ3n) is 9.16. The number of nitrogens with zero attached hydrogens (tertiary/aromatic N) is 2. The van der Waals surface area contributed by atoms with Crippen molar-refractivity contribution >= 4 is 74.4 Å². The lowest BCUT2D eigenvalue weighted by atomic mass is 9.56. The van der Waals surface area contributed by atoms with Crippen molar-refractivity contribution in [3.05, 3.63) is 69.0 Å². The Balaban J connectivity index is 1.58. The minimum Gasteiger partial charge on any atom is -0.508 e. The molecule has 4 aliphatic rings. The number of aromatic hydroxyl groups is 1. The van der Waals surface area contributed by atoms with E-state index in [0.29, 0.717) is 4.47 Å². The second kappa shape index (κ2) is 10.7. The Hall–Kier alpha value is -3.56. The van der Waals surface area contributed by atoms with E-state index >= 15 is 8.78 Å². The van der Waals surface area contributed by atoms with Gasteiger partial charge in [0.1, 0.15) is 11.4 Å². The molecule has 2 aromatic rings. The zero-order valence-electron chi connectivity index (χ0n) is 22.8. The molecule has 0 bridgehead atoms. The first-order valence-electron chi connectivity index (χ1n) is 13.5. The van der Waals surface area contributed by atoms with Crippen molar-refractivity contribution in [1.29, 1.82) is 0 Å². The number of phenols is 1. The molecule has 4 amide bonds. The molecule has 2 N–H and O–H groups in total. The van der Waals surface area contributed by atoms with Crippen LogP contribution in [0.15, 0.2) is 34.3 Å². The highest BCUT2D eigenvalue weighted by Gasteiger charge is 2.77. The van der Waals surface area contributed by atoms with Crippen molar-refractivity contribution in [3.63, 3.8) is 0 Å².